The highest BCUT2D eigenvalue weighted by Crippen LogP contribution is 2.24. The lowest BCUT2D eigenvalue weighted by Crippen LogP contribution is -2.22. The van der Waals surface area contributed by atoms with Crippen LogP contribution in [0.4, 0.5) is 0 Å². The van der Waals surface area contributed by atoms with Gasteiger partial charge in [-0.05, 0) is 11.1 Å². The fourth-order valence-corrected chi connectivity index (χ4v) is 1.62. The van der Waals surface area contributed by atoms with Crippen molar-refractivity contribution in [2.24, 2.45) is 0 Å². The van der Waals surface area contributed by atoms with Crippen molar-refractivity contribution >= 4 is 36.0 Å². The quantitative estimate of drug-likeness (QED) is 0.507. The number of ketones is 1. The first-order valence-electron chi connectivity index (χ1n) is 4.13. The molecule has 0 saturated carbocycles. The molecule has 0 bridgehead atoms. The van der Waals surface area contributed by atoms with Crippen LogP contribution in [-0.2, 0) is 16.1 Å². The van der Waals surface area contributed by atoms with Gasteiger partial charge in [-0.3, -0.25) is 14.9 Å². The van der Waals surface area contributed by atoms with E-state index < -0.39 is 11.8 Å². The third-order valence-electron chi connectivity index (χ3n) is 2.26. The first kappa shape index (κ1) is 11.3. The van der Waals surface area contributed by atoms with Gasteiger partial charge in [-0.2, -0.15) is 0 Å². The monoisotopic (exact) mass is 303 g/mol. The molecule has 1 heterocycles. The molecular weight excluding hydrogens is 293 g/mol. The molecule has 0 amide bonds. The van der Waals surface area contributed by atoms with E-state index in [1.807, 2.05) is 24.3 Å². The van der Waals surface area contributed by atoms with Crippen LogP contribution in [0.5, 0.6) is 0 Å². The van der Waals surface area contributed by atoms with Crippen LogP contribution >= 0.6 is 24.0 Å². The first-order chi connectivity index (χ1) is 6.33. The maximum atomic E-state index is 11.1. The van der Waals surface area contributed by atoms with E-state index in [2.05, 4.69) is 5.32 Å². The number of fused-ring (bicyclic) bond motifs is 1. The normalized spacial score (nSPS) is 18.1. The van der Waals surface area contributed by atoms with E-state index >= 15 is 0 Å². The Morgan fingerprint density at radius 3 is 2.86 bits per heavy atom. The molecule has 14 heavy (non-hydrogen) atoms. The van der Waals surface area contributed by atoms with Crippen molar-refractivity contribution in [3.63, 3.8) is 0 Å². The second-order valence-corrected chi connectivity index (χ2v) is 3.03. The largest absolute Gasteiger partial charge is 0.299 e. The van der Waals surface area contributed by atoms with Gasteiger partial charge < -0.3 is 0 Å². The van der Waals surface area contributed by atoms with E-state index in [0.717, 1.165) is 11.1 Å². The lowest BCUT2D eigenvalue weighted by atomic mass is 10.0. The molecule has 0 aliphatic carbocycles. The van der Waals surface area contributed by atoms with Crippen LogP contribution < -0.4 is 5.32 Å². The summed E-state index contributed by atoms with van der Waals surface area (Å²) < 4.78 is 0. The lowest BCUT2D eigenvalue weighted by molar-refractivity contribution is -0.131. The third kappa shape index (κ3) is 1.85. The van der Waals surface area contributed by atoms with Crippen LogP contribution in [0.2, 0.25) is 0 Å². The molecule has 4 heteroatoms. The number of halogens is 1. The number of benzene rings is 1. The van der Waals surface area contributed by atoms with E-state index in [4.69, 9.17) is 0 Å². The van der Waals surface area contributed by atoms with Gasteiger partial charge in [0, 0.05) is 6.54 Å². The Bertz CT molecular complexity index is 365. The van der Waals surface area contributed by atoms with Crippen LogP contribution in [0.3, 0.4) is 0 Å². The average molecular weight is 303 g/mol. The van der Waals surface area contributed by atoms with Crippen molar-refractivity contribution in [1.82, 2.24) is 5.32 Å². The number of hydrogen-bond donors (Lipinski definition) is 1. The number of aldehydes is 1. The standard InChI is InChI=1S/C10H9NO2.HI/c12-6-9(13)10-8-4-2-1-3-7(8)5-11-10;/h1-4,6,10-11H,5H2;1H. The maximum Gasteiger partial charge on any atom is 0.216 e. The van der Waals surface area contributed by atoms with Crippen LogP contribution in [0.1, 0.15) is 17.2 Å². The topological polar surface area (TPSA) is 46.2 Å². The summed E-state index contributed by atoms with van der Waals surface area (Å²) in [6.07, 6.45) is 0.375. The van der Waals surface area contributed by atoms with E-state index in [-0.39, 0.29) is 24.0 Å². The smallest absolute Gasteiger partial charge is 0.216 e. The van der Waals surface area contributed by atoms with E-state index in [1.165, 1.54) is 0 Å². The summed E-state index contributed by atoms with van der Waals surface area (Å²) in [6, 6.07) is 7.21. The van der Waals surface area contributed by atoms with Crippen molar-refractivity contribution < 1.29 is 9.59 Å². The average Bonchev–Trinajstić information content (AvgIpc) is 2.60. The minimum absolute atomic E-state index is 0. The van der Waals surface area contributed by atoms with Crippen molar-refractivity contribution in [2.75, 3.05) is 0 Å². The molecule has 1 aromatic carbocycles. The Balaban J connectivity index is 0.000000980. The fourth-order valence-electron chi connectivity index (χ4n) is 1.62. The molecule has 0 spiro atoms. The van der Waals surface area contributed by atoms with Crippen LogP contribution in [0, 0.1) is 0 Å². The number of carbonyl (C=O) groups is 2. The Morgan fingerprint density at radius 1 is 1.43 bits per heavy atom. The minimum atomic E-state index is -0.423. The molecule has 0 aromatic heterocycles. The molecule has 2 rings (SSSR count). The van der Waals surface area contributed by atoms with E-state index in [1.54, 1.807) is 0 Å². The molecule has 1 aromatic rings. The van der Waals surface area contributed by atoms with Gasteiger partial charge in [0.2, 0.25) is 5.78 Å². The molecule has 1 aliphatic rings. The number of nitrogens with one attached hydrogen (secondary N) is 1. The summed E-state index contributed by atoms with van der Waals surface area (Å²) in [6.45, 7) is 0.667. The molecule has 1 unspecified atom stereocenters. The van der Waals surface area contributed by atoms with E-state index in [0.29, 0.717) is 12.8 Å². The van der Waals surface area contributed by atoms with Crippen molar-refractivity contribution in [1.29, 1.82) is 0 Å². The highest BCUT2D eigenvalue weighted by atomic mass is 127. The van der Waals surface area contributed by atoms with E-state index in [9.17, 15) is 9.59 Å². The van der Waals surface area contributed by atoms with Gasteiger partial charge in [0.1, 0.15) is 0 Å². The zero-order valence-corrected chi connectivity index (χ0v) is 9.73. The lowest BCUT2D eigenvalue weighted by Gasteiger charge is -2.05. The molecule has 1 atom stereocenters. The fraction of sp³-hybridized carbons (Fsp3) is 0.200. The molecule has 74 valence electrons. The molecule has 1 aliphatic heterocycles. The Morgan fingerprint density at radius 2 is 2.14 bits per heavy atom. The Labute approximate surface area is 98.9 Å². The summed E-state index contributed by atoms with van der Waals surface area (Å²) >= 11 is 0. The summed E-state index contributed by atoms with van der Waals surface area (Å²) in [4.78, 5) is 21.5. The van der Waals surface area contributed by atoms with Crippen molar-refractivity contribution in [3.8, 4) is 0 Å². The number of hydrogen-bond acceptors (Lipinski definition) is 3. The predicted molar refractivity (Wildman–Crippen MR) is 62.5 cm³/mol. The second kappa shape index (κ2) is 4.65. The van der Waals surface area contributed by atoms with Crippen LogP contribution in [0.15, 0.2) is 24.3 Å². The van der Waals surface area contributed by atoms with Gasteiger partial charge in [0.25, 0.3) is 0 Å². The van der Waals surface area contributed by atoms with Crippen LogP contribution in [-0.4, -0.2) is 12.1 Å². The predicted octanol–water partition coefficient (Wildman–Crippen LogP) is 1.22. The highest BCUT2D eigenvalue weighted by Gasteiger charge is 2.26. The summed E-state index contributed by atoms with van der Waals surface area (Å²) in [5.74, 6) is -0.398. The van der Waals surface area contributed by atoms with Crippen LogP contribution in [0.25, 0.3) is 0 Å². The van der Waals surface area contributed by atoms with Gasteiger partial charge in [0.15, 0.2) is 6.29 Å². The SMILES string of the molecule is I.O=CC(=O)C1NCc2ccccc21. The van der Waals surface area contributed by atoms with Gasteiger partial charge in [-0.25, -0.2) is 0 Å². The van der Waals surface area contributed by atoms with Gasteiger partial charge in [0.05, 0.1) is 6.04 Å². The van der Waals surface area contributed by atoms with Crippen molar-refractivity contribution in [3.05, 3.63) is 35.4 Å². The summed E-state index contributed by atoms with van der Waals surface area (Å²) in [7, 11) is 0. The zero-order chi connectivity index (χ0) is 9.26. The first-order valence-corrected chi connectivity index (χ1v) is 4.13. The van der Waals surface area contributed by atoms with Gasteiger partial charge in [-0.1, -0.05) is 24.3 Å². The molecular formula is C10H10INO2. The minimum Gasteiger partial charge on any atom is -0.299 e. The number of carbonyl (C=O) groups excluding carboxylic acids is 2. The van der Waals surface area contributed by atoms with Gasteiger partial charge >= 0.3 is 0 Å². The molecule has 0 fully saturated rings. The molecule has 1 N–H and O–H groups in total. The second-order valence-electron chi connectivity index (χ2n) is 3.03. The number of Topliss-reactive ketones (excluding diaryl/α,β-unsaturated/α-hetero) is 1. The molecule has 0 saturated heterocycles. The third-order valence-corrected chi connectivity index (χ3v) is 2.26. The van der Waals surface area contributed by atoms with Gasteiger partial charge in [-0.15, -0.1) is 24.0 Å². The summed E-state index contributed by atoms with van der Waals surface area (Å²) in [5.41, 5.74) is 2.03. The molecule has 3 nitrogen and oxygen atoms in total. The number of rotatable bonds is 2. The Kier molecular flexibility index (Phi) is 3.77. The van der Waals surface area contributed by atoms with Crippen molar-refractivity contribution in [2.45, 2.75) is 12.6 Å². The molecule has 0 radical (unpaired) electrons. The maximum absolute atomic E-state index is 11.1. The highest BCUT2D eigenvalue weighted by molar-refractivity contribution is 14.0. The summed E-state index contributed by atoms with van der Waals surface area (Å²) in [5, 5.41) is 2.99. The Hall–Kier alpha value is -0.750. The zero-order valence-electron chi connectivity index (χ0n) is 7.40.